The Balaban J connectivity index is 1.49. The smallest absolute Gasteiger partial charge is 0.236 e. The lowest BCUT2D eigenvalue weighted by molar-refractivity contribution is -0.134. The molecule has 0 bridgehead atoms. The molecule has 1 aromatic rings. The number of halogens is 1. The van der Waals surface area contributed by atoms with Crippen molar-refractivity contribution in [2.45, 2.75) is 25.8 Å². The third kappa shape index (κ3) is 4.34. The van der Waals surface area contributed by atoms with E-state index in [9.17, 15) is 4.79 Å². The number of hydrogen-bond donors (Lipinski definition) is 0. The van der Waals surface area contributed by atoms with Gasteiger partial charge in [0.15, 0.2) is 0 Å². The van der Waals surface area contributed by atoms with Gasteiger partial charge < -0.3 is 4.90 Å². The fourth-order valence-electron chi connectivity index (χ4n) is 3.54. The highest BCUT2D eigenvalue weighted by atomic mass is 79.9. The predicted molar refractivity (Wildman–Crippen MR) is 96.4 cm³/mol. The summed E-state index contributed by atoms with van der Waals surface area (Å²) in [7, 11) is 0. The van der Waals surface area contributed by atoms with E-state index in [1.165, 1.54) is 18.4 Å². The second kappa shape index (κ2) is 7.77. The molecule has 2 fully saturated rings. The minimum atomic E-state index is 0.308. The summed E-state index contributed by atoms with van der Waals surface area (Å²) in [6.45, 7) is 8.68. The number of nitrogens with zero attached hydrogens (tertiary/aromatic N) is 3. The van der Waals surface area contributed by atoms with Gasteiger partial charge in [0.25, 0.3) is 0 Å². The molecule has 1 amide bonds. The molecule has 2 heterocycles. The van der Waals surface area contributed by atoms with Crippen LogP contribution in [0.15, 0.2) is 28.7 Å². The van der Waals surface area contributed by atoms with Crippen LogP contribution in [0.5, 0.6) is 0 Å². The topological polar surface area (TPSA) is 26.8 Å². The van der Waals surface area contributed by atoms with E-state index < -0.39 is 0 Å². The monoisotopic (exact) mass is 379 g/mol. The van der Waals surface area contributed by atoms with Crippen molar-refractivity contribution >= 4 is 21.8 Å². The van der Waals surface area contributed by atoms with Crippen molar-refractivity contribution in [1.82, 2.24) is 14.7 Å². The van der Waals surface area contributed by atoms with Gasteiger partial charge in [-0.3, -0.25) is 14.6 Å². The van der Waals surface area contributed by atoms with Gasteiger partial charge in [0.1, 0.15) is 0 Å². The number of amides is 1. The molecule has 0 saturated carbocycles. The summed E-state index contributed by atoms with van der Waals surface area (Å²) >= 11 is 3.49. The lowest BCUT2D eigenvalue weighted by Gasteiger charge is -2.38. The first-order chi connectivity index (χ1) is 11.1. The van der Waals surface area contributed by atoms with Gasteiger partial charge in [-0.1, -0.05) is 28.1 Å². The number of hydrogen-bond acceptors (Lipinski definition) is 3. The van der Waals surface area contributed by atoms with E-state index in [0.717, 1.165) is 43.7 Å². The minimum Gasteiger partial charge on any atom is -0.339 e. The van der Waals surface area contributed by atoms with Crippen LogP contribution in [0.3, 0.4) is 0 Å². The zero-order valence-corrected chi connectivity index (χ0v) is 15.5. The average Bonchev–Trinajstić information content (AvgIpc) is 3.08. The van der Waals surface area contributed by atoms with E-state index in [1.807, 2.05) is 4.90 Å². The van der Waals surface area contributed by atoms with E-state index in [-0.39, 0.29) is 0 Å². The summed E-state index contributed by atoms with van der Waals surface area (Å²) in [5.41, 5.74) is 1.34. The Kier molecular flexibility index (Phi) is 5.72. The van der Waals surface area contributed by atoms with Gasteiger partial charge in [-0.25, -0.2) is 0 Å². The molecule has 3 rings (SSSR count). The zero-order chi connectivity index (χ0) is 16.2. The Morgan fingerprint density at radius 2 is 1.65 bits per heavy atom. The van der Waals surface area contributed by atoms with Crippen LogP contribution in [-0.2, 0) is 4.79 Å². The van der Waals surface area contributed by atoms with Crippen LogP contribution >= 0.6 is 15.9 Å². The molecule has 5 heteroatoms. The predicted octanol–water partition coefficient (Wildman–Crippen LogP) is 2.75. The summed E-state index contributed by atoms with van der Waals surface area (Å²) in [6.07, 6.45) is 2.48. The largest absolute Gasteiger partial charge is 0.339 e. The van der Waals surface area contributed by atoms with Crippen molar-refractivity contribution in [1.29, 1.82) is 0 Å². The summed E-state index contributed by atoms with van der Waals surface area (Å²) in [4.78, 5) is 19.2. The van der Waals surface area contributed by atoms with E-state index >= 15 is 0 Å². The molecule has 2 saturated heterocycles. The Morgan fingerprint density at radius 1 is 1.04 bits per heavy atom. The molecule has 2 aliphatic heterocycles. The van der Waals surface area contributed by atoms with Crippen LogP contribution in [0, 0.1) is 0 Å². The van der Waals surface area contributed by atoms with Crippen LogP contribution in [-0.4, -0.2) is 66.4 Å². The fraction of sp³-hybridized carbons (Fsp3) is 0.611. The third-order valence-corrected chi connectivity index (χ3v) is 5.65. The molecular formula is C18H26BrN3O. The molecule has 0 N–H and O–H groups in total. The highest BCUT2D eigenvalue weighted by Crippen LogP contribution is 2.23. The molecule has 0 radical (unpaired) electrons. The summed E-state index contributed by atoms with van der Waals surface area (Å²) < 4.78 is 1.12. The number of benzene rings is 1. The molecule has 1 aromatic carbocycles. The molecule has 23 heavy (non-hydrogen) atoms. The Hall–Kier alpha value is -0.910. The average molecular weight is 380 g/mol. The van der Waals surface area contributed by atoms with Crippen molar-refractivity contribution in [3.05, 3.63) is 34.3 Å². The summed E-state index contributed by atoms with van der Waals surface area (Å²) in [5, 5.41) is 0. The zero-order valence-electron chi connectivity index (χ0n) is 13.9. The van der Waals surface area contributed by atoms with Crippen LogP contribution in [0.4, 0.5) is 0 Å². The standard InChI is InChI=1S/C18H26BrN3O/c1-15(16-4-6-17(19)7-5-16)21-10-12-22(13-11-21)18(23)14-20-8-2-3-9-20/h4-7,15H,2-3,8-14H2,1H3. The van der Waals surface area contributed by atoms with Crippen LogP contribution < -0.4 is 0 Å². The van der Waals surface area contributed by atoms with E-state index in [1.54, 1.807) is 0 Å². The second-order valence-electron chi connectivity index (χ2n) is 6.63. The van der Waals surface area contributed by atoms with Crippen LogP contribution in [0.25, 0.3) is 0 Å². The van der Waals surface area contributed by atoms with Crippen molar-refractivity contribution in [2.24, 2.45) is 0 Å². The van der Waals surface area contributed by atoms with Crippen molar-refractivity contribution in [2.75, 3.05) is 45.8 Å². The van der Waals surface area contributed by atoms with Gasteiger partial charge in [-0.2, -0.15) is 0 Å². The van der Waals surface area contributed by atoms with E-state index in [2.05, 4.69) is 56.9 Å². The molecule has 2 aliphatic rings. The third-order valence-electron chi connectivity index (χ3n) is 5.12. The van der Waals surface area contributed by atoms with Crippen molar-refractivity contribution < 1.29 is 4.79 Å². The molecule has 1 unspecified atom stereocenters. The highest BCUT2D eigenvalue weighted by Gasteiger charge is 2.26. The number of piperazine rings is 1. The molecular weight excluding hydrogens is 354 g/mol. The molecule has 0 spiro atoms. The van der Waals surface area contributed by atoms with Crippen molar-refractivity contribution in [3.63, 3.8) is 0 Å². The lowest BCUT2D eigenvalue weighted by atomic mass is 10.1. The minimum absolute atomic E-state index is 0.308. The SMILES string of the molecule is CC(c1ccc(Br)cc1)N1CCN(C(=O)CN2CCCC2)CC1. The second-order valence-corrected chi connectivity index (χ2v) is 7.54. The quantitative estimate of drug-likeness (QED) is 0.804. The van der Waals surface area contributed by atoms with Gasteiger partial charge in [0, 0.05) is 36.7 Å². The first-order valence-electron chi connectivity index (χ1n) is 8.63. The maximum Gasteiger partial charge on any atom is 0.236 e. The maximum absolute atomic E-state index is 12.4. The first-order valence-corrected chi connectivity index (χ1v) is 9.42. The summed E-state index contributed by atoms with van der Waals surface area (Å²) in [6, 6.07) is 8.96. The van der Waals surface area contributed by atoms with Gasteiger partial charge in [-0.05, 0) is 50.6 Å². The molecule has 0 aromatic heterocycles. The number of likely N-dealkylation sites (tertiary alicyclic amines) is 1. The van der Waals surface area contributed by atoms with E-state index in [4.69, 9.17) is 0 Å². The maximum atomic E-state index is 12.4. The van der Waals surface area contributed by atoms with Gasteiger partial charge >= 0.3 is 0 Å². The highest BCUT2D eigenvalue weighted by molar-refractivity contribution is 9.10. The van der Waals surface area contributed by atoms with Gasteiger partial charge in [0.05, 0.1) is 6.54 Å². The lowest BCUT2D eigenvalue weighted by Crippen LogP contribution is -2.51. The molecule has 126 valence electrons. The number of carbonyl (C=O) groups is 1. The number of carbonyl (C=O) groups excluding carboxylic acids is 1. The fourth-order valence-corrected chi connectivity index (χ4v) is 3.81. The van der Waals surface area contributed by atoms with Crippen molar-refractivity contribution in [3.8, 4) is 0 Å². The molecule has 0 aliphatic carbocycles. The Labute approximate surface area is 147 Å². The molecule has 4 nitrogen and oxygen atoms in total. The molecule has 1 atom stereocenters. The first kappa shape index (κ1) is 16.9. The van der Waals surface area contributed by atoms with Gasteiger partial charge in [0.2, 0.25) is 5.91 Å². The van der Waals surface area contributed by atoms with Crippen LogP contribution in [0.1, 0.15) is 31.4 Å². The Bertz CT molecular complexity index is 520. The summed E-state index contributed by atoms with van der Waals surface area (Å²) in [5.74, 6) is 0.308. The normalized spacial score (nSPS) is 21.6. The van der Waals surface area contributed by atoms with Crippen LogP contribution in [0.2, 0.25) is 0 Å². The Morgan fingerprint density at radius 3 is 2.26 bits per heavy atom. The van der Waals surface area contributed by atoms with Gasteiger partial charge in [-0.15, -0.1) is 0 Å². The number of rotatable bonds is 4. The van der Waals surface area contributed by atoms with E-state index in [0.29, 0.717) is 18.5 Å².